The van der Waals surface area contributed by atoms with Gasteiger partial charge in [-0.2, -0.15) is 0 Å². The van der Waals surface area contributed by atoms with Gasteiger partial charge in [-0.15, -0.1) is 0 Å². The summed E-state index contributed by atoms with van der Waals surface area (Å²) < 4.78 is 8.44. The zero-order valence-corrected chi connectivity index (χ0v) is 20.8. The third-order valence-electron chi connectivity index (χ3n) is 7.01. The standard InChI is InChI=1S/C30H33N3O2/c1-21-11-4-6-15-26(21)33-20-24(19-28(33)34)30-31-25-14-5-7-16-27(25)32(30)17-8-9-18-35-29-22(2)12-10-13-23(29)3/h4-7,10-16,24H,8-9,17-20H2,1-3H3. The minimum absolute atomic E-state index is 0.0837. The van der Waals surface area contributed by atoms with E-state index in [0.717, 1.165) is 53.2 Å². The Morgan fingerprint density at radius 2 is 1.60 bits per heavy atom. The smallest absolute Gasteiger partial charge is 0.227 e. The van der Waals surface area contributed by atoms with Crippen LogP contribution in [0, 0.1) is 20.8 Å². The highest BCUT2D eigenvalue weighted by Crippen LogP contribution is 2.34. The monoisotopic (exact) mass is 467 g/mol. The van der Waals surface area contributed by atoms with Gasteiger partial charge in [-0.1, -0.05) is 48.5 Å². The van der Waals surface area contributed by atoms with Gasteiger partial charge in [0.2, 0.25) is 5.91 Å². The molecule has 35 heavy (non-hydrogen) atoms. The van der Waals surface area contributed by atoms with Gasteiger partial charge in [0.15, 0.2) is 0 Å². The molecule has 5 rings (SSSR count). The Morgan fingerprint density at radius 3 is 2.40 bits per heavy atom. The van der Waals surface area contributed by atoms with Gasteiger partial charge in [0, 0.05) is 31.1 Å². The molecule has 0 saturated carbocycles. The van der Waals surface area contributed by atoms with Gasteiger partial charge in [0.05, 0.1) is 17.6 Å². The van der Waals surface area contributed by atoms with Crippen molar-refractivity contribution in [3.8, 4) is 5.75 Å². The average Bonchev–Trinajstić information content (AvgIpc) is 3.41. The molecule has 180 valence electrons. The molecule has 5 heteroatoms. The number of fused-ring (bicyclic) bond motifs is 1. The van der Waals surface area contributed by atoms with Crippen molar-refractivity contribution in [2.45, 2.75) is 52.5 Å². The molecular weight excluding hydrogens is 434 g/mol. The number of nitrogens with zero attached hydrogens (tertiary/aromatic N) is 3. The van der Waals surface area contributed by atoms with Crippen molar-refractivity contribution in [3.63, 3.8) is 0 Å². The van der Waals surface area contributed by atoms with E-state index in [2.05, 4.69) is 67.8 Å². The molecule has 1 aliphatic heterocycles. The molecule has 3 aromatic carbocycles. The summed E-state index contributed by atoms with van der Waals surface area (Å²) in [4.78, 5) is 19.9. The zero-order chi connectivity index (χ0) is 24.4. The minimum Gasteiger partial charge on any atom is -0.493 e. The minimum atomic E-state index is 0.0837. The van der Waals surface area contributed by atoms with Gasteiger partial charge < -0.3 is 14.2 Å². The highest BCUT2D eigenvalue weighted by atomic mass is 16.5. The quantitative estimate of drug-likeness (QED) is 0.284. The second kappa shape index (κ2) is 9.95. The van der Waals surface area contributed by atoms with Crippen LogP contribution in [-0.2, 0) is 11.3 Å². The van der Waals surface area contributed by atoms with Gasteiger partial charge in [0.25, 0.3) is 0 Å². The highest BCUT2D eigenvalue weighted by molar-refractivity contribution is 5.97. The number of unbranched alkanes of at least 4 members (excludes halogenated alkanes) is 1. The highest BCUT2D eigenvalue weighted by Gasteiger charge is 2.35. The SMILES string of the molecule is Cc1ccccc1N1CC(c2nc3ccccc3n2CCCCOc2c(C)cccc2C)CC1=O. The van der Waals surface area contributed by atoms with Gasteiger partial charge in [-0.05, 0) is 68.5 Å². The molecule has 1 aromatic heterocycles. The molecule has 1 unspecified atom stereocenters. The van der Waals surface area contributed by atoms with Crippen LogP contribution in [0.15, 0.2) is 66.7 Å². The van der Waals surface area contributed by atoms with Crippen LogP contribution in [0.5, 0.6) is 5.75 Å². The molecule has 1 fully saturated rings. The summed E-state index contributed by atoms with van der Waals surface area (Å²) in [7, 11) is 0. The van der Waals surface area contributed by atoms with E-state index in [9.17, 15) is 4.79 Å². The summed E-state index contributed by atoms with van der Waals surface area (Å²) in [6.07, 6.45) is 2.44. The van der Waals surface area contributed by atoms with Gasteiger partial charge in [-0.25, -0.2) is 4.98 Å². The number of benzene rings is 3. The number of imidazole rings is 1. The van der Waals surface area contributed by atoms with Crippen LogP contribution in [0.25, 0.3) is 11.0 Å². The molecule has 1 atom stereocenters. The number of hydrogen-bond acceptors (Lipinski definition) is 3. The predicted octanol–water partition coefficient (Wildman–Crippen LogP) is 6.34. The second-order valence-electron chi connectivity index (χ2n) is 9.58. The molecule has 1 amide bonds. The number of ether oxygens (including phenoxy) is 1. The van der Waals surface area contributed by atoms with E-state index >= 15 is 0 Å². The first-order valence-corrected chi connectivity index (χ1v) is 12.5. The Bertz CT molecular complexity index is 1340. The largest absolute Gasteiger partial charge is 0.493 e. The van der Waals surface area contributed by atoms with Crippen LogP contribution < -0.4 is 9.64 Å². The Labute approximate surface area is 207 Å². The van der Waals surface area contributed by atoms with Crippen LogP contribution in [0.3, 0.4) is 0 Å². The Hall–Kier alpha value is -3.60. The zero-order valence-electron chi connectivity index (χ0n) is 20.8. The van der Waals surface area contributed by atoms with E-state index in [0.29, 0.717) is 19.6 Å². The van der Waals surface area contributed by atoms with Gasteiger partial charge in [-0.3, -0.25) is 4.79 Å². The van der Waals surface area contributed by atoms with Crippen LogP contribution in [0.2, 0.25) is 0 Å². The van der Waals surface area contributed by atoms with Crippen molar-refractivity contribution in [1.82, 2.24) is 9.55 Å². The topological polar surface area (TPSA) is 47.4 Å². The molecule has 1 aliphatic rings. The molecule has 0 spiro atoms. The summed E-state index contributed by atoms with van der Waals surface area (Å²) in [6, 6.07) is 22.7. The number of aryl methyl sites for hydroxylation is 4. The fourth-order valence-corrected chi connectivity index (χ4v) is 5.19. The molecule has 2 heterocycles. The molecule has 0 bridgehead atoms. The number of rotatable bonds is 8. The predicted molar refractivity (Wildman–Crippen MR) is 141 cm³/mol. The maximum atomic E-state index is 13.0. The van der Waals surface area contributed by atoms with Crippen LogP contribution in [-0.4, -0.2) is 28.6 Å². The number of carbonyl (C=O) groups excluding carboxylic acids is 1. The normalized spacial score (nSPS) is 15.8. The van der Waals surface area contributed by atoms with E-state index in [1.807, 2.05) is 29.2 Å². The van der Waals surface area contributed by atoms with E-state index in [1.54, 1.807) is 0 Å². The lowest BCUT2D eigenvalue weighted by atomic mass is 10.1. The number of amides is 1. The average molecular weight is 468 g/mol. The molecular formula is C30H33N3O2. The van der Waals surface area contributed by atoms with Crippen molar-refractivity contribution in [2.75, 3.05) is 18.1 Å². The van der Waals surface area contributed by atoms with Crippen molar-refractivity contribution in [2.24, 2.45) is 0 Å². The lowest BCUT2D eigenvalue weighted by molar-refractivity contribution is -0.117. The summed E-state index contributed by atoms with van der Waals surface area (Å²) in [5.41, 5.74) is 6.62. The maximum absolute atomic E-state index is 13.0. The first kappa shape index (κ1) is 23.2. The first-order chi connectivity index (χ1) is 17.0. The van der Waals surface area contributed by atoms with Crippen LogP contribution in [0.4, 0.5) is 5.69 Å². The van der Waals surface area contributed by atoms with E-state index in [-0.39, 0.29) is 11.8 Å². The molecule has 1 saturated heterocycles. The molecule has 0 aliphatic carbocycles. The van der Waals surface area contributed by atoms with Crippen molar-refractivity contribution < 1.29 is 9.53 Å². The Kier molecular flexibility index (Phi) is 6.58. The third kappa shape index (κ3) is 4.68. The Morgan fingerprint density at radius 1 is 0.886 bits per heavy atom. The molecule has 0 N–H and O–H groups in total. The molecule has 0 radical (unpaired) electrons. The number of hydrogen-bond donors (Lipinski definition) is 0. The van der Waals surface area contributed by atoms with Gasteiger partial charge >= 0.3 is 0 Å². The second-order valence-corrected chi connectivity index (χ2v) is 9.58. The lowest BCUT2D eigenvalue weighted by Gasteiger charge is -2.19. The van der Waals surface area contributed by atoms with E-state index < -0.39 is 0 Å². The van der Waals surface area contributed by atoms with Crippen LogP contribution in [0.1, 0.15) is 47.7 Å². The summed E-state index contributed by atoms with van der Waals surface area (Å²) >= 11 is 0. The number of aromatic nitrogens is 2. The van der Waals surface area contributed by atoms with E-state index in [1.165, 1.54) is 11.1 Å². The summed E-state index contributed by atoms with van der Waals surface area (Å²) in [6.45, 7) is 8.47. The first-order valence-electron chi connectivity index (χ1n) is 12.5. The Balaban J connectivity index is 1.31. The number of carbonyl (C=O) groups is 1. The fourth-order valence-electron chi connectivity index (χ4n) is 5.19. The van der Waals surface area contributed by atoms with Crippen LogP contribution >= 0.6 is 0 Å². The number of para-hydroxylation sites is 4. The van der Waals surface area contributed by atoms with Crippen molar-refractivity contribution >= 4 is 22.6 Å². The molecule has 5 nitrogen and oxygen atoms in total. The summed E-state index contributed by atoms with van der Waals surface area (Å²) in [5, 5.41) is 0. The maximum Gasteiger partial charge on any atom is 0.227 e. The van der Waals surface area contributed by atoms with Crippen molar-refractivity contribution in [3.05, 3.63) is 89.2 Å². The van der Waals surface area contributed by atoms with Gasteiger partial charge in [0.1, 0.15) is 11.6 Å². The molecule has 4 aromatic rings. The van der Waals surface area contributed by atoms with E-state index in [4.69, 9.17) is 9.72 Å². The van der Waals surface area contributed by atoms with Crippen molar-refractivity contribution in [1.29, 1.82) is 0 Å². The lowest BCUT2D eigenvalue weighted by Crippen LogP contribution is -2.25. The third-order valence-corrected chi connectivity index (χ3v) is 7.01. The summed E-state index contributed by atoms with van der Waals surface area (Å²) in [5.74, 6) is 2.28. The fraction of sp³-hybridized carbons (Fsp3) is 0.333. The number of anilines is 1.